The second kappa shape index (κ2) is 8.00. The smallest absolute Gasteiger partial charge is 0.337 e. The van der Waals surface area contributed by atoms with Crippen LogP contribution in [0.1, 0.15) is 15.9 Å². The Labute approximate surface area is 170 Å². The van der Waals surface area contributed by atoms with Crippen LogP contribution in [0.3, 0.4) is 0 Å². The van der Waals surface area contributed by atoms with Gasteiger partial charge in [-0.3, -0.25) is 0 Å². The fourth-order valence-corrected chi connectivity index (χ4v) is 3.48. The topological polar surface area (TPSA) is 85.3 Å². The fraction of sp³-hybridized carbons (Fsp3) is 0.0455. The first-order chi connectivity index (χ1) is 14.2. The molecule has 0 unspecified atom stereocenters. The van der Waals surface area contributed by atoms with E-state index in [9.17, 15) is 10.1 Å². The third-order valence-corrected chi connectivity index (χ3v) is 5.02. The minimum absolute atomic E-state index is 0.131. The van der Waals surface area contributed by atoms with Crippen LogP contribution < -0.4 is 4.74 Å². The minimum atomic E-state index is -0.479. The van der Waals surface area contributed by atoms with Gasteiger partial charge in [-0.05, 0) is 47.8 Å². The normalized spacial score (nSPS) is 10.3. The highest BCUT2D eigenvalue weighted by atomic mass is 32.1. The minimum Gasteiger partial charge on any atom is -0.465 e. The summed E-state index contributed by atoms with van der Waals surface area (Å²) in [7, 11) is 1.31. The Balaban J connectivity index is 1.84. The van der Waals surface area contributed by atoms with E-state index in [4.69, 9.17) is 13.9 Å². The van der Waals surface area contributed by atoms with E-state index in [2.05, 4.69) is 11.1 Å². The van der Waals surface area contributed by atoms with Gasteiger partial charge in [-0.25, -0.2) is 9.78 Å². The van der Waals surface area contributed by atoms with Crippen molar-refractivity contribution >= 4 is 17.3 Å². The first-order valence-electron chi connectivity index (χ1n) is 8.58. The van der Waals surface area contributed by atoms with Gasteiger partial charge in [0.05, 0.1) is 29.5 Å². The van der Waals surface area contributed by atoms with Crippen molar-refractivity contribution in [2.45, 2.75) is 0 Å². The molecule has 0 amide bonds. The van der Waals surface area contributed by atoms with Crippen molar-refractivity contribution in [3.8, 4) is 39.6 Å². The molecule has 0 aliphatic rings. The molecule has 3 heterocycles. The highest BCUT2D eigenvalue weighted by Gasteiger charge is 2.19. The number of hydrogen-bond donors (Lipinski definition) is 0. The van der Waals surface area contributed by atoms with Gasteiger partial charge in [0.2, 0.25) is 5.88 Å². The van der Waals surface area contributed by atoms with E-state index in [1.807, 2.05) is 17.5 Å². The Kier molecular flexibility index (Phi) is 5.10. The SMILES string of the molecule is COC(=O)c1cccc(Oc2nc(-c3cccs3)cc(-c3ccco3)c2C#N)c1. The maximum Gasteiger partial charge on any atom is 0.337 e. The van der Waals surface area contributed by atoms with E-state index in [0.29, 0.717) is 28.3 Å². The molecule has 0 saturated carbocycles. The second-order valence-corrected chi connectivity index (χ2v) is 6.87. The number of rotatable bonds is 5. The van der Waals surface area contributed by atoms with E-state index in [1.54, 1.807) is 48.7 Å². The second-order valence-electron chi connectivity index (χ2n) is 5.92. The number of nitrogens with zero attached hydrogens (tertiary/aromatic N) is 2. The molecule has 29 heavy (non-hydrogen) atoms. The number of aromatic nitrogens is 1. The maximum absolute atomic E-state index is 11.8. The predicted molar refractivity (Wildman–Crippen MR) is 108 cm³/mol. The first-order valence-corrected chi connectivity index (χ1v) is 9.46. The summed E-state index contributed by atoms with van der Waals surface area (Å²) in [4.78, 5) is 17.3. The summed E-state index contributed by atoms with van der Waals surface area (Å²) in [5.74, 6) is 0.555. The zero-order valence-corrected chi connectivity index (χ0v) is 16.1. The van der Waals surface area contributed by atoms with Crippen LogP contribution in [0.4, 0.5) is 0 Å². The standard InChI is InChI=1S/C22H14N2O4S/c1-26-22(25)14-5-2-6-15(11-14)28-21-17(13-23)16(19-7-3-9-27-19)12-18(24-21)20-8-4-10-29-20/h2-12H,1H3. The molecule has 0 aliphatic carbocycles. The number of carbonyl (C=O) groups is 1. The van der Waals surface area contributed by atoms with E-state index in [-0.39, 0.29) is 11.4 Å². The van der Waals surface area contributed by atoms with Crippen LogP contribution in [0.2, 0.25) is 0 Å². The molecule has 6 nitrogen and oxygen atoms in total. The lowest BCUT2D eigenvalue weighted by atomic mass is 10.1. The lowest BCUT2D eigenvalue weighted by Gasteiger charge is -2.12. The van der Waals surface area contributed by atoms with Gasteiger partial charge in [-0.2, -0.15) is 5.26 Å². The Hall–Kier alpha value is -3.89. The molecular formula is C22H14N2O4S. The first kappa shape index (κ1) is 18.5. The molecule has 0 spiro atoms. The van der Waals surface area contributed by atoms with Crippen molar-refractivity contribution in [3.63, 3.8) is 0 Å². The quantitative estimate of drug-likeness (QED) is 0.409. The Morgan fingerprint density at radius 3 is 2.76 bits per heavy atom. The van der Waals surface area contributed by atoms with Crippen molar-refractivity contribution in [2.24, 2.45) is 0 Å². The summed E-state index contributed by atoms with van der Waals surface area (Å²) in [6.45, 7) is 0. The Morgan fingerprint density at radius 1 is 1.17 bits per heavy atom. The highest BCUT2D eigenvalue weighted by Crippen LogP contribution is 2.36. The van der Waals surface area contributed by atoms with Gasteiger partial charge < -0.3 is 13.9 Å². The number of esters is 1. The number of nitriles is 1. The van der Waals surface area contributed by atoms with Crippen LogP contribution in [0.5, 0.6) is 11.6 Å². The van der Waals surface area contributed by atoms with Gasteiger partial charge in [-0.1, -0.05) is 12.1 Å². The van der Waals surface area contributed by atoms with Gasteiger partial charge in [0.1, 0.15) is 23.1 Å². The molecule has 1 aromatic carbocycles. The van der Waals surface area contributed by atoms with Crippen LogP contribution in [0.25, 0.3) is 21.9 Å². The number of thiophene rings is 1. The van der Waals surface area contributed by atoms with Crippen molar-refractivity contribution in [1.82, 2.24) is 4.98 Å². The number of carbonyl (C=O) groups excluding carboxylic acids is 1. The molecule has 0 fully saturated rings. The summed E-state index contributed by atoms with van der Waals surface area (Å²) in [5.41, 5.74) is 1.81. The number of furan rings is 1. The molecule has 0 saturated heterocycles. The average Bonchev–Trinajstić information content (AvgIpc) is 3.47. The number of ether oxygens (including phenoxy) is 2. The molecule has 0 aliphatic heterocycles. The average molecular weight is 402 g/mol. The maximum atomic E-state index is 11.8. The molecule has 7 heteroatoms. The van der Waals surface area contributed by atoms with Gasteiger partial charge in [0.15, 0.2) is 0 Å². The third-order valence-electron chi connectivity index (χ3n) is 4.13. The number of pyridine rings is 1. The van der Waals surface area contributed by atoms with Crippen LogP contribution >= 0.6 is 11.3 Å². The van der Waals surface area contributed by atoms with E-state index >= 15 is 0 Å². The van der Waals surface area contributed by atoms with Crippen molar-refractivity contribution in [3.05, 3.63) is 77.4 Å². The molecular weight excluding hydrogens is 388 g/mol. The fourth-order valence-electron chi connectivity index (χ4n) is 2.80. The molecule has 142 valence electrons. The molecule has 4 aromatic rings. The largest absolute Gasteiger partial charge is 0.465 e. The van der Waals surface area contributed by atoms with Crippen LogP contribution in [0.15, 0.2) is 70.7 Å². The molecule has 4 rings (SSSR count). The lowest BCUT2D eigenvalue weighted by molar-refractivity contribution is 0.0600. The summed E-state index contributed by atoms with van der Waals surface area (Å²) in [6.07, 6.45) is 1.54. The third kappa shape index (κ3) is 3.74. The highest BCUT2D eigenvalue weighted by molar-refractivity contribution is 7.13. The van der Waals surface area contributed by atoms with Crippen molar-refractivity contribution in [1.29, 1.82) is 5.26 Å². The molecule has 0 radical (unpaired) electrons. The molecule has 0 atom stereocenters. The van der Waals surface area contributed by atoms with E-state index in [0.717, 1.165) is 4.88 Å². The summed E-state index contributed by atoms with van der Waals surface area (Å²) >= 11 is 1.53. The molecule has 0 N–H and O–H groups in total. The summed E-state index contributed by atoms with van der Waals surface area (Å²) in [5, 5.41) is 11.7. The number of methoxy groups -OCH3 is 1. The lowest BCUT2D eigenvalue weighted by Crippen LogP contribution is -2.02. The number of hydrogen-bond acceptors (Lipinski definition) is 7. The summed E-state index contributed by atoms with van der Waals surface area (Å²) in [6, 6.07) is 17.9. The van der Waals surface area contributed by atoms with Crippen molar-refractivity contribution in [2.75, 3.05) is 7.11 Å². The van der Waals surface area contributed by atoms with Gasteiger partial charge in [-0.15, -0.1) is 11.3 Å². The monoisotopic (exact) mass is 402 g/mol. The zero-order chi connectivity index (χ0) is 20.2. The van der Waals surface area contributed by atoms with E-state index in [1.165, 1.54) is 18.4 Å². The molecule has 0 bridgehead atoms. The van der Waals surface area contributed by atoms with Crippen LogP contribution in [0, 0.1) is 11.3 Å². The predicted octanol–water partition coefficient (Wildman–Crippen LogP) is 5.52. The van der Waals surface area contributed by atoms with Gasteiger partial charge in [0.25, 0.3) is 0 Å². The number of benzene rings is 1. The van der Waals surface area contributed by atoms with Crippen LogP contribution in [-0.4, -0.2) is 18.1 Å². The summed E-state index contributed by atoms with van der Waals surface area (Å²) < 4.78 is 16.2. The molecule has 3 aromatic heterocycles. The zero-order valence-electron chi connectivity index (χ0n) is 15.3. The Morgan fingerprint density at radius 2 is 2.07 bits per heavy atom. The van der Waals surface area contributed by atoms with Gasteiger partial charge in [0, 0.05) is 5.56 Å². The van der Waals surface area contributed by atoms with Crippen molar-refractivity contribution < 1.29 is 18.7 Å². The van der Waals surface area contributed by atoms with E-state index < -0.39 is 5.97 Å². The van der Waals surface area contributed by atoms with Gasteiger partial charge >= 0.3 is 5.97 Å². The van der Waals surface area contributed by atoms with Crippen LogP contribution in [-0.2, 0) is 4.74 Å². The Bertz CT molecular complexity index is 1190.